The molecule has 3 aliphatic rings. The molecule has 2 aromatic rings. The van der Waals surface area contributed by atoms with Crippen molar-refractivity contribution < 1.29 is 14.4 Å². The Bertz CT molecular complexity index is 752. The minimum absolute atomic E-state index is 0.0279. The predicted octanol–water partition coefficient (Wildman–Crippen LogP) is 4.61. The first-order chi connectivity index (χ1) is 12.8. The van der Waals surface area contributed by atoms with Gasteiger partial charge in [0.1, 0.15) is 6.10 Å². The summed E-state index contributed by atoms with van der Waals surface area (Å²) in [7, 11) is 1.77. The van der Waals surface area contributed by atoms with Crippen molar-refractivity contribution in [3.63, 3.8) is 0 Å². The van der Waals surface area contributed by atoms with Gasteiger partial charge in [0.15, 0.2) is 5.79 Å². The van der Waals surface area contributed by atoms with Gasteiger partial charge in [-0.1, -0.05) is 65.9 Å². The van der Waals surface area contributed by atoms with E-state index in [1.54, 1.807) is 12.3 Å². The number of fused-ring (bicyclic) bond motifs is 2. The van der Waals surface area contributed by atoms with E-state index in [0.717, 1.165) is 25.7 Å². The Hall–Kier alpha value is -1.72. The van der Waals surface area contributed by atoms with Crippen molar-refractivity contribution in [2.24, 2.45) is 5.92 Å². The molecule has 5 rings (SSSR count). The molecule has 1 saturated carbocycles. The summed E-state index contributed by atoms with van der Waals surface area (Å²) < 4.78 is 5.96. The maximum atomic E-state index is 6.36. The Labute approximate surface area is 154 Å². The van der Waals surface area contributed by atoms with E-state index in [-0.39, 0.29) is 12.1 Å². The SMILES string of the molecule is CO[C@]12CCC[C@H]1[C@H](c1ccccc1)[C@H]1C[C@H](c3ccccc3)ON1O2. The summed E-state index contributed by atoms with van der Waals surface area (Å²) in [5.74, 6) is 0.137. The molecule has 2 aliphatic heterocycles. The molecule has 3 fully saturated rings. The van der Waals surface area contributed by atoms with E-state index in [1.807, 2.05) is 6.07 Å². The number of benzene rings is 2. The number of rotatable bonds is 3. The first-order valence-electron chi connectivity index (χ1n) is 9.61. The summed E-state index contributed by atoms with van der Waals surface area (Å²) in [6.45, 7) is 0. The van der Waals surface area contributed by atoms with E-state index < -0.39 is 5.79 Å². The highest BCUT2D eigenvalue weighted by Gasteiger charge is 2.60. The topological polar surface area (TPSA) is 30.9 Å². The summed E-state index contributed by atoms with van der Waals surface area (Å²) in [6.07, 6.45) is 4.14. The standard InChI is InChI=1S/C22H25NO3/c1-24-22-14-8-13-18(22)21(17-11-6-3-7-12-17)19-15-20(25-23(19)26-22)16-9-4-2-5-10-16/h2-7,9-12,18-21H,8,13-15H2,1H3/t18-,19+,20+,21-,22-/m0/s1. The Kier molecular flexibility index (Phi) is 4.09. The van der Waals surface area contributed by atoms with Crippen LogP contribution in [0, 0.1) is 5.92 Å². The van der Waals surface area contributed by atoms with Gasteiger partial charge in [0.05, 0.1) is 6.04 Å². The van der Waals surface area contributed by atoms with Crippen LogP contribution in [0.25, 0.3) is 0 Å². The first kappa shape index (κ1) is 16.5. The summed E-state index contributed by atoms with van der Waals surface area (Å²) in [4.78, 5) is 12.6. The molecule has 0 bridgehead atoms. The lowest BCUT2D eigenvalue weighted by Crippen LogP contribution is -2.56. The van der Waals surface area contributed by atoms with Crippen molar-refractivity contribution >= 4 is 0 Å². The highest BCUT2D eigenvalue weighted by molar-refractivity contribution is 5.26. The lowest BCUT2D eigenvalue weighted by Gasteiger charge is -2.48. The van der Waals surface area contributed by atoms with Crippen LogP contribution in [-0.4, -0.2) is 24.2 Å². The third-order valence-corrected chi connectivity index (χ3v) is 6.36. The minimum atomic E-state index is -0.567. The van der Waals surface area contributed by atoms with E-state index in [4.69, 9.17) is 14.4 Å². The Morgan fingerprint density at radius 3 is 2.38 bits per heavy atom. The molecule has 1 aliphatic carbocycles. The van der Waals surface area contributed by atoms with Gasteiger partial charge in [0.25, 0.3) is 0 Å². The fourth-order valence-electron chi connectivity index (χ4n) is 5.16. The number of hydroxylamine groups is 2. The maximum Gasteiger partial charge on any atom is 0.193 e. The van der Waals surface area contributed by atoms with Crippen LogP contribution in [0.1, 0.15) is 48.8 Å². The number of hydrogen-bond acceptors (Lipinski definition) is 4. The molecule has 0 unspecified atom stereocenters. The normalized spacial score (nSPS) is 36.7. The van der Waals surface area contributed by atoms with Gasteiger partial charge in [-0.25, -0.2) is 4.84 Å². The summed E-state index contributed by atoms with van der Waals surface area (Å²) in [5.41, 5.74) is 2.56. The van der Waals surface area contributed by atoms with Crippen LogP contribution in [-0.2, 0) is 14.4 Å². The van der Waals surface area contributed by atoms with Crippen molar-refractivity contribution in [3.05, 3.63) is 71.8 Å². The highest BCUT2D eigenvalue weighted by atomic mass is 17.0. The van der Waals surface area contributed by atoms with Gasteiger partial charge in [-0.05, 0) is 24.0 Å². The second kappa shape index (κ2) is 6.46. The maximum absolute atomic E-state index is 6.36. The number of ether oxygens (including phenoxy) is 1. The van der Waals surface area contributed by atoms with E-state index in [2.05, 4.69) is 54.6 Å². The van der Waals surface area contributed by atoms with Crippen molar-refractivity contribution in [2.75, 3.05) is 7.11 Å². The Morgan fingerprint density at radius 2 is 1.69 bits per heavy atom. The van der Waals surface area contributed by atoms with E-state index in [9.17, 15) is 0 Å². The molecule has 4 heteroatoms. The van der Waals surface area contributed by atoms with Crippen LogP contribution in [0.15, 0.2) is 60.7 Å². The van der Waals surface area contributed by atoms with Gasteiger partial charge < -0.3 is 4.74 Å². The zero-order valence-corrected chi connectivity index (χ0v) is 15.1. The Balaban J connectivity index is 1.53. The highest BCUT2D eigenvalue weighted by Crippen LogP contribution is 2.56. The predicted molar refractivity (Wildman–Crippen MR) is 97.9 cm³/mol. The fourth-order valence-corrected chi connectivity index (χ4v) is 5.16. The molecule has 2 saturated heterocycles. The molecular formula is C22H25NO3. The van der Waals surface area contributed by atoms with Crippen molar-refractivity contribution in [2.45, 2.75) is 49.5 Å². The van der Waals surface area contributed by atoms with Crippen LogP contribution in [0.3, 0.4) is 0 Å². The van der Waals surface area contributed by atoms with Gasteiger partial charge >= 0.3 is 0 Å². The van der Waals surface area contributed by atoms with Gasteiger partial charge in [0.2, 0.25) is 0 Å². The van der Waals surface area contributed by atoms with Crippen molar-refractivity contribution in [1.29, 1.82) is 0 Å². The second-order valence-corrected chi connectivity index (χ2v) is 7.64. The zero-order chi connectivity index (χ0) is 17.6. The van der Waals surface area contributed by atoms with Crippen LogP contribution in [0.5, 0.6) is 0 Å². The molecule has 0 aromatic heterocycles. The molecule has 2 heterocycles. The lowest BCUT2D eigenvalue weighted by molar-refractivity contribution is -0.482. The smallest absolute Gasteiger partial charge is 0.193 e. The monoisotopic (exact) mass is 351 g/mol. The van der Waals surface area contributed by atoms with Gasteiger partial charge in [0, 0.05) is 31.8 Å². The molecule has 136 valence electrons. The first-order valence-corrected chi connectivity index (χ1v) is 9.61. The molecule has 0 radical (unpaired) electrons. The molecule has 5 atom stereocenters. The second-order valence-electron chi connectivity index (χ2n) is 7.64. The molecule has 4 nitrogen and oxygen atoms in total. The third kappa shape index (κ3) is 2.52. The van der Waals surface area contributed by atoms with Crippen LogP contribution in [0.4, 0.5) is 0 Å². The zero-order valence-electron chi connectivity index (χ0n) is 15.1. The van der Waals surface area contributed by atoms with Gasteiger partial charge in [-0.15, -0.1) is 0 Å². The lowest BCUT2D eigenvalue weighted by atomic mass is 9.75. The summed E-state index contributed by atoms with van der Waals surface area (Å²) in [6, 6.07) is 21.5. The molecular weight excluding hydrogens is 326 g/mol. The average molecular weight is 351 g/mol. The number of methoxy groups -OCH3 is 1. The Morgan fingerprint density at radius 1 is 1.00 bits per heavy atom. The van der Waals surface area contributed by atoms with Crippen molar-refractivity contribution in [1.82, 2.24) is 5.23 Å². The van der Waals surface area contributed by atoms with Crippen LogP contribution in [0.2, 0.25) is 0 Å². The fraction of sp³-hybridized carbons (Fsp3) is 0.455. The third-order valence-electron chi connectivity index (χ3n) is 6.36. The molecule has 26 heavy (non-hydrogen) atoms. The van der Waals surface area contributed by atoms with Crippen LogP contribution >= 0.6 is 0 Å². The molecule has 0 spiro atoms. The quantitative estimate of drug-likeness (QED) is 0.808. The minimum Gasteiger partial charge on any atom is -0.351 e. The van der Waals surface area contributed by atoms with Gasteiger partial charge in [-0.2, -0.15) is 0 Å². The van der Waals surface area contributed by atoms with Crippen LogP contribution < -0.4 is 0 Å². The average Bonchev–Trinajstić information content (AvgIpc) is 3.31. The largest absolute Gasteiger partial charge is 0.351 e. The van der Waals surface area contributed by atoms with E-state index >= 15 is 0 Å². The molecule has 0 N–H and O–H groups in total. The number of nitrogens with zero attached hydrogens (tertiary/aromatic N) is 1. The number of hydrogen-bond donors (Lipinski definition) is 0. The van der Waals surface area contributed by atoms with E-state index in [1.165, 1.54) is 11.1 Å². The van der Waals surface area contributed by atoms with Crippen molar-refractivity contribution in [3.8, 4) is 0 Å². The summed E-state index contributed by atoms with van der Waals surface area (Å²) in [5, 5.41) is 1.76. The summed E-state index contributed by atoms with van der Waals surface area (Å²) >= 11 is 0. The van der Waals surface area contributed by atoms with E-state index in [0.29, 0.717) is 11.8 Å². The van der Waals surface area contributed by atoms with Gasteiger partial charge in [-0.3, -0.25) is 4.84 Å². The molecule has 2 aromatic carbocycles. The molecule has 0 amide bonds.